The van der Waals surface area contributed by atoms with Crippen LogP contribution in [0.2, 0.25) is 0 Å². The number of benzene rings is 2. The number of rotatable bonds is 6. The van der Waals surface area contributed by atoms with Crippen molar-refractivity contribution in [2.75, 3.05) is 11.9 Å². The van der Waals surface area contributed by atoms with Gasteiger partial charge in [0.05, 0.1) is 0 Å². The fourth-order valence-corrected chi connectivity index (χ4v) is 2.66. The molecule has 0 saturated heterocycles. The summed E-state index contributed by atoms with van der Waals surface area (Å²) < 4.78 is 0. The van der Waals surface area contributed by atoms with E-state index < -0.39 is 0 Å². The fraction of sp³-hybridized carbons (Fsp3) is 0.368. The molecule has 0 aromatic heterocycles. The lowest BCUT2D eigenvalue weighted by atomic mass is 10.0. The van der Waals surface area contributed by atoms with Gasteiger partial charge in [0.1, 0.15) is 0 Å². The molecule has 2 N–H and O–H groups in total. The second kappa shape index (κ2) is 7.28. The third-order valence-electron chi connectivity index (χ3n) is 3.96. The van der Waals surface area contributed by atoms with Crippen LogP contribution >= 0.6 is 0 Å². The van der Waals surface area contributed by atoms with Crippen molar-refractivity contribution in [1.29, 1.82) is 0 Å². The normalized spacial score (nSPS) is 12.2. The van der Waals surface area contributed by atoms with Gasteiger partial charge < -0.3 is 10.6 Å². The third-order valence-corrected chi connectivity index (χ3v) is 3.96. The first-order valence-electron chi connectivity index (χ1n) is 7.70. The molecule has 1 unspecified atom stereocenters. The highest BCUT2D eigenvalue weighted by Gasteiger charge is 2.08. The molecule has 112 valence electrons. The molecule has 2 aromatic rings. The van der Waals surface area contributed by atoms with E-state index in [1.807, 2.05) is 0 Å². The summed E-state index contributed by atoms with van der Waals surface area (Å²) in [4.78, 5) is 2.30. The van der Waals surface area contributed by atoms with Crippen LogP contribution in [0.15, 0.2) is 48.5 Å². The Bertz CT molecular complexity index is 563. The minimum Gasteiger partial charge on any atom is -0.370 e. The summed E-state index contributed by atoms with van der Waals surface area (Å²) in [6.45, 7) is 5.24. The van der Waals surface area contributed by atoms with E-state index in [0.29, 0.717) is 0 Å². The summed E-state index contributed by atoms with van der Waals surface area (Å²) >= 11 is 0. The molecule has 0 fully saturated rings. The van der Waals surface area contributed by atoms with Crippen LogP contribution in [0.3, 0.4) is 0 Å². The van der Waals surface area contributed by atoms with Crippen molar-refractivity contribution in [1.82, 2.24) is 0 Å². The number of aryl methyl sites for hydroxylation is 1. The zero-order chi connectivity index (χ0) is 15.2. The van der Waals surface area contributed by atoms with Gasteiger partial charge in [0.15, 0.2) is 0 Å². The number of anilines is 1. The molecule has 0 aliphatic rings. The average Bonchev–Trinajstić information content (AvgIpc) is 2.48. The monoisotopic (exact) mass is 282 g/mol. The average molecular weight is 282 g/mol. The molecule has 0 bridgehead atoms. The second-order valence-electron chi connectivity index (χ2n) is 5.83. The van der Waals surface area contributed by atoms with Crippen molar-refractivity contribution in [3.05, 3.63) is 65.2 Å². The molecule has 0 saturated carbocycles. The van der Waals surface area contributed by atoms with Crippen molar-refractivity contribution in [2.45, 2.75) is 39.3 Å². The molecule has 2 rings (SSSR count). The van der Waals surface area contributed by atoms with Crippen LogP contribution in [0.1, 0.15) is 30.0 Å². The Hall–Kier alpha value is -1.80. The van der Waals surface area contributed by atoms with Crippen molar-refractivity contribution in [2.24, 2.45) is 5.73 Å². The zero-order valence-corrected chi connectivity index (χ0v) is 13.3. The lowest BCUT2D eigenvalue weighted by molar-refractivity contribution is 0.646. The van der Waals surface area contributed by atoms with Gasteiger partial charge in [-0.1, -0.05) is 49.4 Å². The van der Waals surface area contributed by atoms with E-state index in [1.165, 1.54) is 22.4 Å². The van der Waals surface area contributed by atoms with E-state index in [9.17, 15) is 0 Å². The van der Waals surface area contributed by atoms with Crippen molar-refractivity contribution < 1.29 is 0 Å². The van der Waals surface area contributed by atoms with Crippen molar-refractivity contribution in [3.8, 4) is 0 Å². The molecule has 1 atom stereocenters. The molecule has 2 heteroatoms. The van der Waals surface area contributed by atoms with Crippen molar-refractivity contribution >= 4 is 5.69 Å². The number of hydrogen-bond acceptors (Lipinski definition) is 2. The highest BCUT2D eigenvalue weighted by atomic mass is 15.1. The maximum Gasteiger partial charge on any atom is 0.0426 e. The summed E-state index contributed by atoms with van der Waals surface area (Å²) in [6, 6.07) is 17.5. The van der Waals surface area contributed by atoms with E-state index in [0.717, 1.165) is 19.4 Å². The Balaban J connectivity index is 2.09. The molecule has 2 aromatic carbocycles. The molecule has 2 nitrogen and oxygen atoms in total. The first kappa shape index (κ1) is 15.6. The standard InChI is InChI=1S/C19H26N2/c1-4-18(20)13-17-10-11-19(15(2)12-17)21(3)14-16-8-6-5-7-9-16/h5-12,18H,4,13-14,20H2,1-3H3. The van der Waals surface area contributed by atoms with Gasteiger partial charge in [-0.25, -0.2) is 0 Å². The van der Waals surface area contributed by atoms with Gasteiger partial charge in [0.2, 0.25) is 0 Å². The quantitative estimate of drug-likeness (QED) is 0.870. The van der Waals surface area contributed by atoms with Gasteiger partial charge in [-0.3, -0.25) is 0 Å². The van der Waals surface area contributed by atoms with E-state index in [1.54, 1.807) is 0 Å². The molecular weight excluding hydrogens is 256 g/mol. The molecule has 0 spiro atoms. The topological polar surface area (TPSA) is 29.3 Å². The largest absolute Gasteiger partial charge is 0.370 e. The van der Waals surface area contributed by atoms with Crippen LogP contribution in [0.25, 0.3) is 0 Å². The van der Waals surface area contributed by atoms with E-state index in [4.69, 9.17) is 5.73 Å². The molecular formula is C19H26N2. The fourth-order valence-electron chi connectivity index (χ4n) is 2.66. The summed E-state index contributed by atoms with van der Waals surface area (Å²) in [5, 5.41) is 0. The van der Waals surface area contributed by atoms with Gasteiger partial charge in [-0.2, -0.15) is 0 Å². The molecule has 21 heavy (non-hydrogen) atoms. The predicted molar refractivity (Wildman–Crippen MR) is 91.7 cm³/mol. The Labute approximate surface area is 128 Å². The van der Waals surface area contributed by atoms with E-state index in [2.05, 4.69) is 74.3 Å². The Morgan fingerprint density at radius 2 is 1.76 bits per heavy atom. The van der Waals surface area contributed by atoms with Crippen LogP contribution in [0.5, 0.6) is 0 Å². The second-order valence-corrected chi connectivity index (χ2v) is 5.83. The number of nitrogens with two attached hydrogens (primary N) is 1. The Kier molecular flexibility index (Phi) is 5.40. The third kappa shape index (κ3) is 4.33. The van der Waals surface area contributed by atoms with Gasteiger partial charge in [-0.05, 0) is 42.5 Å². The molecule has 0 heterocycles. The van der Waals surface area contributed by atoms with Gasteiger partial charge in [0.25, 0.3) is 0 Å². The van der Waals surface area contributed by atoms with Gasteiger partial charge >= 0.3 is 0 Å². The summed E-state index contributed by atoms with van der Waals surface area (Å²) in [5.74, 6) is 0. The minimum absolute atomic E-state index is 0.261. The predicted octanol–water partition coefficient (Wildman–Crippen LogP) is 3.91. The lowest BCUT2D eigenvalue weighted by Gasteiger charge is -2.22. The van der Waals surface area contributed by atoms with E-state index in [-0.39, 0.29) is 6.04 Å². The maximum atomic E-state index is 6.04. The summed E-state index contributed by atoms with van der Waals surface area (Å²) in [6.07, 6.45) is 1.98. The van der Waals surface area contributed by atoms with Gasteiger partial charge in [-0.15, -0.1) is 0 Å². The first-order chi connectivity index (χ1) is 10.1. The van der Waals surface area contributed by atoms with Crippen LogP contribution in [-0.2, 0) is 13.0 Å². The van der Waals surface area contributed by atoms with Crippen LogP contribution in [0, 0.1) is 6.92 Å². The highest BCUT2D eigenvalue weighted by molar-refractivity contribution is 5.54. The smallest absolute Gasteiger partial charge is 0.0426 e. The summed E-state index contributed by atoms with van der Waals surface area (Å²) in [5.41, 5.74) is 11.3. The number of hydrogen-bond donors (Lipinski definition) is 1. The maximum absolute atomic E-state index is 6.04. The van der Waals surface area contributed by atoms with Crippen LogP contribution < -0.4 is 10.6 Å². The minimum atomic E-state index is 0.261. The Morgan fingerprint density at radius 1 is 1.05 bits per heavy atom. The molecule has 0 amide bonds. The number of nitrogens with zero attached hydrogens (tertiary/aromatic N) is 1. The molecule has 0 aliphatic heterocycles. The highest BCUT2D eigenvalue weighted by Crippen LogP contribution is 2.22. The SMILES string of the molecule is CCC(N)Cc1ccc(N(C)Cc2ccccc2)c(C)c1. The Morgan fingerprint density at radius 3 is 2.38 bits per heavy atom. The molecule has 0 radical (unpaired) electrons. The van der Waals surface area contributed by atoms with Crippen LogP contribution in [0.4, 0.5) is 5.69 Å². The van der Waals surface area contributed by atoms with Gasteiger partial charge in [0, 0.05) is 25.3 Å². The van der Waals surface area contributed by atoms with E-state index >= 15 is 0 Å². The summed E-state index contributed by atoms with van der Waals surface area (Å²) in [7, 11) is 2.15. The first-order valence-corrected chi connectivity index (χ1v) is 7.70. The zero-order valence-electron chi connectivity index (χ0n) is 13.3. The van der Waals surface area contributed by atoms with Crippen molar-refractivity contribution in [3.63, 3.8) is 0 Å². The molecule has 0 aliphatic carbocycles. The lowest BCUT2D eigenvalue weighted by Crippen LogP contribution is -2.22. The van der Waals surface area contributed by atoms with Crippen LogP contribution in [-0.4, -0.2) is 13.1 Å².